The monoisotopic (exact) mass is 298 g/mol. The number of likely N-dealkylation sites (N-methyl/N-ethyl adjacent to an activating group) is 1. The Hall–Kier alpha value is -1.11. The molecule has 0 aromatic heterocycles. The van der Waals surface area contributed by atoms with Crippen LogP contribution in [-0.2, 0) is 21.2 Å². The molecule has 2 N–H and O–H groups in total. The van der Waals surface area contributed by atoms with Crippen LogP contribution in [0.4, 0.5) is 5.69 Å². The van der Waals surface area contributed by atoms with Gasteiger partial charge in [0.05, 0.1) is 11.0 Å². The first-order valence-electron chi connectivity index (χ1n) is 6.91. The number of nitrogen functional groups attached to an aromatic ring is 1. The Balaban J connectivity index is 2.18. The minimum absolute atomic E-state index is 0.00189. The zero-order chi connectivity index (χ0) is 14.8. The van der Waals surface area contributed by atoms with Crippen LogP contribution in [0, 0.1) is 0 Å². The zero-order valence-corrected chi connectivity index (χ0v) is 12.8. The molecule has 1 fully saturated rings. The SMILES string of the molecule is CCc1ccc(S(=O)(=O)N(C)CC2CCCO2)cc1N. The number of nitrogens with zero attached hydrogens (tertiary/aromatic N) is 1. The number of rotatable bonds is 5. The zero-order valence-electron chi connectivity index (χ0n) is 12.0. The molecule has 6 heteroatoms. The molecule has 1 saturated heterocycles. The molecule has 0 aliphatic carbocycles. The fourth-order valence-corrected chi connectivity index (χ4v) is 3.65. The van der Waals surface area contributed by atoms with Crippen LogP contribution < -0.4 is 5.73 Å². The fraction of sp³-hybridized carbons (Fsp3) is 0.571. The van der Waals surface area contributed by atoms with Crippen molar-refractivity contribution in [3.8, 4) is 0 Å². The molecule has 0 saturated carbocycles. The van der Waals surface area contributed by atoms with Crippen LogP contribution in [0.5, 0.6) is 0 Å². The summed E-state index contributed by atoms with van der Waals surface area (Å²) in [4.78, 5) is 0.243. The largest absolute Gasteiger partial charge is 0.398 e. The second-order valence-electron chi connectivity index (χ2n) is 5.13. The van der Waals surface area contributed by atoms with Crippen LogP contribution in [-0.4, -0.2) is 39.0 Å². The molecular formula is C14H22N2O3S. The van der Waals surface area contributed by atoms with Gasteiger partial charge in [0.25, 0.3) is 0 Å². The van der Waals surface area contributed by atoms with Gasteiger partial charge in [0.2, 0.25) is 10.0 Å². The predicted octanol–water partition coefficient (Wildman–Crippen LogP) is 1.63. The number of hydrogen-bond acceptors (Lipinski definition) is 4. The first-order chi connectivity index (χ1) is 9.45. The van der Waals surface area contributed by atoms with Crippen molar-refractivity contribution in [3.05, 3.63) is 23.8 Å². The van der Waals surface area contributed by atoms with Crippen molar-refractivity contribution >= 4 is 15.7 Å². The molecule has 0 bridgehead atoms. The minimum Gasteiger partial charge on any atom is -0.398 e. The summed E-state index contributed by atoms with van der Waals surface area (Å²) in [6.07, 6.45) is 2.70. The van der Waals surface area contributed by atoms with E-state index in [4.69, 9.17) is 10.5 Å². The van der Waals surface area contributed by atoms with Crippen molar-refractivity contribution in [2.75, 3.05) is 25.9 Å². The smallest absolute Gasteiger partial charge is 0.242 e. The van der Waals surface area contributed by atoms with Gasteiger partial charge in [-0.1, -0.05) is 13.0 Å². The minimum atomic E-state index is -3.50. The highest BCUT2D eigenvalue weighted by atomic mass is 32.2. The highest BCUT2D eigenvalue weighted by Crippen LogP contribution is 2.22. The van der Waals surface area contributed by atoms with Gasteiger partial charge < -0.3 is 10.5 Å². The second-order valence-corrected chi connectivity index (χ2v) is 7.18. The summed E-state index contributed by atoms with van der Waals surface area (Å²) in [5.41, 5.74) is 7.38. The van der Waals surface area contributed by atoms with E-state index in [-0.39, 0.29) is 11.0 Å². The van der Waals surface area contributed by atoms with Gasteiger partial charge >= 0.3 is 0 Å². The lowest BCUT2D eigenvalue weighted by molar-refractivity contribution is 0.0979. The Bertz CT molecular complexity index is 566. The predicted molar refractivity (Wildman–Crippen MR) is 79.0 cm³/mol. The summed E-state index contributed by atoms with van der Waals surface area (Å²) in [5, 5.41) is 0. The molecule has 1 unspecified atom stereocenters. The van der Waals surface area contributed by atoms with E-state index < -0.39 is 10.0 Å². The number of sulfonamides is 1. The fourth-order valence-electron chi connectivity index (χ4n) is 2.41. The van der Waals surface area contributed by atoms with Crippen molar-refractivity contribution in [1.82, 2.24) is 4.31 Å². The Morgan fingerprint density at radius 3 is 2.75 bits per heavy atom. The summed E-state index contributed by atoms with van der Waals surface area (Å²) in [6, 6.07) is 4.94. The van der Waals surface area contributed by atoms with E-state index >= 15 is 0 Å². The topological polar surface area (TPSA) is 72.6 Å². The first kappa shape index (κ1) is 15.3. The van der Waals surface area contributed by atoms with Crippen molar-refractivity contribution in [2.24, 2.45) is 0 Å². The van der Waals surface area contributed by atoms with Gasteiger partial charge in [-0.3, -0.25) is 0 Å². The Morgan fingerprint density at radius 1 is 1.45 bits per heavy atom. The van der Waals surface area contributed by atoms with Crippen LogP contribution in [0.3, 0.4) is 0 Å². The van der Waals surface area contributed by atoms with Crippen molar-refractivity contribution < 1.29 is 13.2 Å². The summed E-state index contributed by atoms with van der Waals surface area (Å²) < 4.78 is 31.8. The van der Waals surface area contributed by atoms with Gasteiger partial charge in [0.15, 0.2) is 0 Å². The van der Waals surface area contributed by atoms with Gasteiger partial charge in [-0.05, 0) is 37.0 Å². The summed E-state index contributed by atoms with van der Waals surface area (Å²) in [7, 11) is -1.92. The number of hydrogen-bond donors (Lipinski definition) is 1. The van der Waals surface area contributed by atoms with Gasteiger partial charge in [0, 0.05) is 25.9 Å². The quantitative estimate of drug-likeness (QED) is 0.839. The Labute approximate surface area is 120 Å². The molecule has 1 aromatic carbocycles. The standard InChI is InChI=1S/C14H22N2O3S/c1-3-11-6-7-13(9-14(11)15)20(17,18)16(2)10-12-5-4-8-19-12/h6-7,9,12H,3-5,8,10,15H2,1-2H3. The third kappa shape index (κ3) is 3.13. The average molecular weight is 298 g/mol. The molecule has 0 radical (unpaired) electrons. The van der Waals surface area contributed by atoms with Crippen LogP contribution >= 0.6 is 0 Å². The lowest BCUT2D eigenvalue weighted by Crippen LogP contribution is -2.34. The molecule has 112 valence electrons. The van der Waals surface area contributed by atoms with Crippen LogP contribution in [0.1, 0.15) is 25.3 Å². The van der Waals surface area contributed by atoms with Gasteiger partial charge in [0.1, 0.15) is 0 Å². The number of aryl methyl sites for hydroxylation is 1. The molecule has 1 aromatic rings. The van der Waals surface area contributed by atoms with Gasteiger partial charge in [-0.2, -0.15) is 4.31 Å². The van der Waals surface area contributed by atoms with E-state index in [0.717, 1.165) is 31.4 Å². The Morgan fingerprint density at radius 2 is 2.20 bits per heavy atom. The molecule has 0 spiro atoms. The van der Waals surface area contributed by atoms with Crippen molar-refractivity contribution in [2.45, 2.75) is 37.2 Å². The highest BCUT2D eigenvalue weighted by Gasteiger charge is 2.26. The number of benzene rings is 1. The van der Waals surface area contributed by atoms with Crippen LogP contribution in [0.25, 0.3) is 0 Å². The maximum Gasteiger partial charge on any atom is 0.242 e. The average Bonchev–Trinajstić information content (AvgIpc) is 2.91. The first-order valence-corrected chi connectivity index (χ1v) is 8.35. The molecular weight excluding hydrogens is 276 g/mol. The highest BCUT2D eigenvalue weighted by molar-refractivity contribution is 7.89. The molecule has 1 aliphatic heterocycles. The van der Waals surface area contributed by atoms with E-state index in [9.17, 15) is 8.42 Å². The maximum absolute atomic E-state index is 12.5. The molecule has 2 rings (SSSR count). The van der Waals surface area contributed by atoms with Crippen molar-refractivity contribution in [3.63, 3.8) is 0 Å². The molecule has 1 atom stereocenters. The van der Waals surface area contributed by atoms with E-state index in [1.807, 2.05) is 6.92 Å². The van der Waals surface area contributed by atoms with Crippen LogP contribution in [0.2, 0.25) is 0 Å². The maximum atomic E-state index is 12.5. The van der Waals surface area contributed by atoms with Gasteiger partial charge in [-0.15, -0.1) is 0 Å². The summed E-state index contributed by atoms with van der Waals surface area (Å²) in [6.45, 7) is 3.10. The Kier molecular flexibility index (Phi) is 4.67. The van der Waals surface area contributed by atoms with E-state index in [2.05, 4.69) is 0 Å². The molecule has 5 nitrogen and oxygen atoms in total. The number of anilines is 1. The lowest BCUT2D eigenvalue weighted by atomic mass is 10.1. The molecule has 1 aliphatic rings. The molecule has 0 amide bonds. The summed E-state index contributed by atoms with van der Waals surface area (Å²) in [5.74, 6) is 0. The third-order valence-corrected chi connectivity index (χ3v) is 5.51. The van der Waals surface area contributed by atoms with E-state index in [0.29, 0.717) is 12.2 Å². The number of nitrogens with two attached hydrogens (primary N) is 1. The van der Waals surface area contributed by atoms with E-state index in [1.165, 1.54) is 4.31 Å². The molecule has 20 heavy (non-hydrogen) atoms. The van der Waals surface area contributed by atoms with E-state index in [1.54, 1.807) is 25.2 Å². The van der Waals surface area contributed by atoms with Crippen molar-refractivity contribution in [1.29, 1.82) is 0 Å². The summed E-state index contributed by atoms with van der Waals surface area (Å²) >= 11 is 0. The second kappa shape index (κ2) is 6.11. The number of ether oxygens (including phenoxy) is 1. The third-order valence-electron chi connectivity index (χ3n) is 3.69. The van der Waals surface area contributed by atoms with Crippen LogP contribution in [0.15, 0.2) is 23.1 Å². The lowest BCUT2D eigenvalue weighted by Gasteiger charge is -2.21. The molecule has 1 heterocycles. The van der Waals surface area contributed by atoms with Gasteiger partial charge in [-0.25, -0.2) is 8.42 Å². The normalized spacial score (nSPS) is 19.6.